The monoisotopic (exact) mass is 523 g/mol. The first-order valence-electron chi connectivity index (χ1n) is 12.6. The zero-order chi connectivity index (χ0) is 26.2. The topological polar surface area (TPSA) is 59.0 Å². The fourth-order valence-corrected chi connectivity index (χ4v) is 4.91. The maximum Gasteiger partial charge on any atom is 0.306 e. The summed E-state index contributed by atoms with van der Waals surface area (Å²) in [5, 5.41) is 10.7. The molecule has 5 nitrogen and oxygen atoms in total. The summed E-state index contributed by atoms with van der Waals surface area (Å²) < 4.78 is 39.0. The van der Waals surface area contributed by atoms with Crippen molar-refractivity contribution < 1.29 is 28.2 Å². The van der Waals surface area contributed by atoms with Crippen LogP contribution in [0.4, 0.5) is 8.78 Å². The molecule has 0 amide bonds. The Labute approximate surface area is 217 Å². The molecule has 8 heteroatoms. The summed E-state index contributed by atoms with van der Waals surface area (Å²) in [6.45, 7) is 7.01. The average Bonchev–Trinajstić information content (AvgIpc) is 3.26. The highest BCUT2D eigenvalue weighted by Crippen LogP contribution is 2.29. The Morgan fingerprint density at radius 2 is 2.03 bits per heavy atom. The average molecular weight is 524 g/mol. The molecule has 2 aromatic carbocycles. The van der Waals surface area contributed by atoms with Crippen molar-refractivity contribution in [2.75, 3.05) is 26.3 Å². The van der Waals surface area contributed by atoms with E-state index in [2.05, 4.69) is 4.90 Å². The third-order valence-electron chi connectivity index (χ3n) is 6.71. The zero-order valence-corrected chi connectivity index (χ0v) is 22.0. The molecular formula is C28H36ClF2NO4. The summed E-state index contributed by atoms with van der Waals surface area (Å²) in [5.41, 5.74) is 2.89. The molecule has 3 atom stereocenters. The quantitative estimate of drug-likeness (QED) is 0.369. The smallest absolute Gasteiger partial charge is 0.306 e. The van der Waals surface area contributed by atoms with Gasteiger partial charge in [0, 0.05) is 19.0 Å². The van der Waals surface area contributed by atoms with Crippen LogP contribution in [0.25, 0.3) is 0 Å². The molecule has 0 aliphatic carbocycles. The van der Waals surface area contributed by atoms with Crippen LogP contribution in [0.3, 0.4) is 0 Å². The van der Waals surface area contributed by atoms with E-state index in [9.17, 15) is 18.7 Å². The lowest BCUT2D eigenvalue weighted by Crippen LogP contribution is -2.39. The highest BCUT2D eigenvalue weighted by Gasteiger charge is 2.27. The van der Waals surface area contributed by atoms with Crippen molar-refractivity contribution in [2.45, 2.75) is 71.1 Å². The molecule has 1 fully saturated rings. The number of carbonyl (C=O) groups is 1. The first kappa shape index (κ1) is 28.5. The molecule has 2 aromatic rings. The van der Waals surface area contributed by atoms with Gasteiger partial charge in [0.15, 0.2) is 0 Å². The van der Waals surface area contributed by atoms with Crippen LogP contribution < -0.4 is 0 Å². The molecule has 0 aromatic heterocycles. The number of aryl methyl sites for hydroxylation is 2. The molecule has 0 saturated carbocycles. The second-order valence-corrected chi connectivity index (χ2v) is 9.89. The van der Waals surface area contributed by atoms with Crippen LogP contribution in [0.1, 0.15) is 61.5 Å². The molecule has 0 bridgehead atoms. The second kappa shape index (κ2) is 13.5. The number of nitrogens with zero attached hydrogens (tertiary/aromatic N) is 1. The highest BCUT2D eigenvalue weighted by atomic mass is 35.5. The van der Waals surface area contributed by atoms with Gasteiger partial charge in [-0.1, -0.05) is 23.7 Å². The van der Waals surface area contributed by atoms with Crippen molar-refractivity contribution in [3.05, 3.63) is 69.2 Å². The molecular weight excluding hydrogens is 488 g/mol. The van der Waals surface area contributed by atoms with E-state index in [1.54, 1.807) is 26.0 Å². The standard InChI is InChI=1S/C28H36ClF2NO4/c1-4-35-28(34)10-9-21-14-27(31)25(29)15-24(21)19(3)36-17-23(33)16-32-11-5-6-22(32)12-20-8-7-18(2)26(30)13-20/h7-8,13-15,19,22-23,33H,4-6,9-12,16-17H2,1-3H3/t19-,22+,23-/m1/s1. The Hall–Kier alpha value is -2.06. The Morgan fingerprint density at radius 1 is 1.25 bits per heavy atom. The van der Waals surface area contributed by atoms with Crippen LogP contribution in [-0.2, 0) is 27.1 Å². The summed E-state index contributed by atoms with van der Waals surface area (Å²) in [6.07, 6.45) is 2.00. The Morgan fingerprint density at radius 3 is 2.75 bits per heavy atom. The number of β-amino-alcohol motifs (C(OH)–C–C–N with tert-alkyl or cyclic N) is 1. The van der Waals surface area contributed by atoms with Crippen LogP contribution in [0.15, 0.2) is 30.3 Å². The molecule has 1 aliphatic heterocycles. The lowest BCUT2D eigenvalue weighted by atomic mass is 9.99. The van der Waals surface area contributed by atoms with Crippen molar-refractivity contribution in [2.24, 2.45) is 0 Å². The molecule has 0 unspecified atom stereocenters. The van der Waals surface area contributed by atoms with Gasteiger partial charge in [-0.15, -0.1) is 0 Å². The third kappa shape index (κ3) is 7.97. The number of hydrogen-bond donors (Lipinski definition) is 1. The number of halogens is 3. The first-order valence-corrected chi connectivity index (χ1v) is 13.0. The maximum absolute atomic E-state index is 14.1. The SMILES string of the molecule is CCOC(=O)CCc1cc(F)c(Cl)cc1[C@@H](C)OC[C@H](O)CN1CCC[C@H]1Cc1ccc(C)c(F)c1. The fourth-order valence-electron chi connectivity index (χ4n) is 4.74. The molecule has 1 aliphatic rings. The van der Waals surface area contributed by atoms with Crippen LogP contribution in [0.2, 0.25) is 5.02 Å². The highest BCUT2D eigenvalue weighted by molar-refractivity contribution is 6.30. The normalized spacial score (nSPS) is 17.8. The van der Waals surface area contributed by atoms with Gasteiger partial charge in [-0.2, -0.15) is 0 Å². The van der Waals surface area contributed by atoms with E-state index in [-0.39, 0.29) is 42.5 Å². The summed E-state index contributed by atoms with van der Waals surface area (Å²) >= 11 is 6.02. The van der Waals surface area contributed by atoms with Crippen molar-refractivity contribution in [3.8, 4) is 0 Å². The minimum absolute atomic E-state index is 0.0201. The lowest BCUT2D eigenvalue weighted by molar-refractivity contribution is -0.143. The molecule has 198 valence electrons. The van der Waals surface area contributed by atoms with Gasteiger partial charge >= 0.3 is 5.97 Å². The number of hydrogen-bond acceptors (Lipinski definition) is 5. The van der Waals surface area contributed by atoms with E-state index in [0.29, 0.717) is 29.7 Å². The van der Waals surface area contributed by atoms with Crippen LogP contribution in [-0.4, -0.2) is 54.4 Å². The molecule has 0 radical (unpaired) electrons. The molecule has 0 spiro atoms. The Balaban J connectivity index is 1.56. The number of carbonyl (C=O) groups excluding carboxylic acids is 1. The van der Waals surface area contributed by atoms with Crippen LogP contribution >= 0.6 is 11.6 Å². The van der Waals surface area contributed by atoms with Crippen molar-refractivity contribution in [3.63, 3.8) is 0 Å². The number of esters is 1. The number of aliphatic hydroxyl groups excluding tert-OH is 1. The summed E-state index contributed by atoms with van der Waals surface area (Å²) in [5.74, 6) is -1.10. The van der Waals surface area contributed by atoms with Crippen molar-refractivity contribution in [1.29, 1.82) is 0 Å². The zero-order valence-electron chi connectivity index (χ0n) is 21.2. The van der Waals surface area contributed by atoms with Crippen LogP contribution in [0.5, 0.6) is 0 Å². The second-order valence-electron chi connectivity index (χ2n) is 9.48. The molecule has 3 rings (SSSR count). The molecule has 1 N–H and O–H groups in total. The number of aliphatic hydroxyl groups is 1. The van der Waals surface area contributed by atoms with Gasteiger partial charge in [0.05, 0.1) is 30.4 Å². The van der Waals surface area contributed by atoms with Crippen molar-refractivity contribution in [1.82, 2.24) is 4.90 Å². The minimum atomic E-state index is -0.721. The third-order valence-corrected chi connectivity index (χ3v) is 7.00. The molecule has 1 heterocycles. The summed E-state index contributed by atoms with van der Waals surface area (Å²) in [4.78, 5) is 14.0. The Kier molecular flexibility index (Phi) is 10.7. The van der Waals surface area contributed by atoms with Gasteiger partial charge in [-0.3, -0.25) is 9.69 Å². The van der Waals surface area contributed by atoms with Gasteiger partial charge in [0.2, 0.25) is 0 Å². The minimum Gasteiger partial charge on any atom is -0.466 e. The van der Waals surface area contributed by atoms with E-state index in [4.69, 9.17) is 21.1 Å². The fraction of sp³-hybridized carbons (Fsp3) is 0.536. The summed E-state index contributed by atoms with van der Waals surface area (Å²) in [6, 6.07) is 8.45. The Bertz CT molecular complexity index is 1030. The van der Waals surface area contributed by atoms with E-state index in [1.807, 2.05) is 13.0 Å². The number of benzene rings is 2. The molecule has 36 heavy (non-hydrogen) atoms. The number of rotatable bonds is 12. The maximum atomic E-state index is 14.1. The lowest BCUT2D eigenvalue weighted by Gasteiger charge is -2.28. The van der Waals surface area contributed by atoms with E-state index >= 15 is 0 Å². The van der Waals surface area contributed by atoms with E-state index < -0.39 is 18.0 Å². The largest absolute Gasteiger partial charge is 0.466 e. The number of ether oxygens (including phenoxy) is 2. The van der Waals surface area contributed by atoms with Crippen molar-refractivity contribution >= 4 is 17.6 Å². The predicted octanol–water partition coefficient (Wildman–Crippen LogP) is 5.57. The van der Waals surface area contributed by atoms with Gasteiger partial charge in [-0.05, 0) is 93.5 Å². The predicted molar refractivity (Wildman–Crippen MR) is 136 cm³/mol. The first-order chi connectivity index (χ1) is 17.2. The van der Waals surface area contributed by atoms with Gasteiger partial charge in [0.25, 0.3) is 0 Å². The van der Waals surface area contributed by atoms with E-state index in [0.717, 1.165) is 31.4 Å². The van der Waals surface area contributed by atoms with E-state index in [1.165, 1.54) is 12.1 Å². The number of likely N-dealkylation sites (tertiary alicyclic amines) is 1. The van der Waals surface area contributed by atoms with Gasteiger partial charge < -0.3 is 14.6 Å². The summed E-state index contributed by atoms with van der Waals surface area (Å²) in [7, 11) is 0. The van der Waals surface area contributed by atoms with Crippen LogP contribution in [0, 0.1) is 18.6 Å². The molecule has 1 saturated heterocycles. The van der Waals surface area contributed by atoms with Gasteiger partial charge in [-0.25, -0.2) is 8.78 Å². The van der Waals surface area contributed by atoms with Gasteiger partial charge in [0.1, 0.15) is 11.6 Å².